The number of rotatable bonds is 7. The number of aliphatic hydroxyl groups excluding tert-OH is 1. The standard InChI is InChI=1S/C29H34FN5O5Si/c1-18-27(41(3,4)30)25(11-13-34-16-19(12-14-36)31-32-34)40-29(18)21-15-20(9-10-22(21)33(2)28(29)38)35-23-7-5-6-8-24(23)39-17-26(35)37/h5-10,15-16,18,25,27,36H,11-14,17H2,1-4H3/t18-,25+,27-,29+/m1/s1. The number of likely N-dealkylation sites (N-methyl/N-ethyl adjacent to an activating group) is 1. The van der Waals surface area contributed by atoms with Gasteiger partial charge in [0.1, 0.15) is 5.75 Å². The summed E-state index contributed by atoms with van der Waals surface area (Å²) in [5, 5.41) is 17.4. The molecule has 0 saturated carbocycles. The fourth-order valence-electron chi connectivity index (χ4n) is 6.87. The normalized spacial score (nSPS) is 25.6. The molecule has 1 fully saturated rings. The molecule has 0 bridgehead atoms. The van der Waals surface area contributed by atoms with Gasteiger partial charge in [-0.15, -0.1) is 5.10 Å². The molecule has 2 aromatic carbocycles. The molecular formula is C29H34FN5O5Si. The van der Waals surface area contributed by atoms with Crippen molar-refractivity contribution in [1.82, 2.24) is 15.0 Å². The summed E-state index contributed by atoms with van der Waals surface area (Å²) < 4.78 is 30.1. The topological polar surface area (TPSA) is 110 Å². The van der Waals surface area contributed by atoms with Crippen LogP contribution in [0.3, 0.4) is 0 Å². The molecule has 41 heavy (non-hydrogen) atoms. The molecule has 2 amide bonds. The average molecular weight is 580 g/mol. The fourth-order valence-corrected chi connectivity index (χ4v) is 9.41. The van der Waals surface area contributed by atoms with Crippen LogP contribution in [0.15, 0.2) is 48.7 Å². The van der Waals surface area contributed by atoms with Crippen molar-refractivity contribution in [2.45, 2.75) is 56.7 Å². The van der Waals surface area contributed by atoms with Gasteiger partial charge in [0, 0.05) is 55.5 Å². The molecule has 0 aliphatic carbocycles. The fraction of sp³-hybridized carbons (Fsp3) is 0.448. The highest BCUT2D eigenvalue weighted by Crippen LogP contribution is 2.60. The number of nitrogens with zero attached hydrogens (tertiary/aromatic N) is 5. The van der Waals surface area contributed by atoms with Crippen LogP contribution in [-0.2, 0) is 32.9 Å². The van der Waals surface area contributed by atoms with E-state index in [-0.39, 0.29) is 25.0 Å². The maximum absolute atomic E-state index is 16.1. The number of hydrogen-bond acceptors (Lipinski definition) is 7. The van der Waals surface area contributed by atoms with Crippen LogP contribution in [0.2, 0.25) is 18.6 Å². The highest BCUT2D eigenvalue weighted by atomic mass is 28.4. The van der Waals surface area contributed by atoms with Gasteiger partial charge in [-0.25, -0.2) is 0 Å². The van der Waals surface area contributed by atoms with Crippen molar-refractivity contribution < 1.29 is 28.3 Å². The molecule has 3 aliphatic heterocycles. The van der Waals surface area contributed by atoms with E-state index in [1.807, 2.05) is 49.4 Å². The molecule has 1 aromatic heterocycles. The predicted molar refractivity (Wildman–Crippen MR) is 152 cm³/mol. The van der Waals surface area contributed by atoms with Crippen LogP contribution in [0, 0.1) is 5.92 Å². The van der Waals surface area contributed by atoms with Crippen molar-refractivity contribution in [2.24, 2.45) is 5.92 Å². The summed E-state index contributed by atoms with van der Waals surface area (Å²) in [6, 6.07) is 12.8. The van der Waals surface area contributed by atoms with E-state index >= 15 is 4.11 Å². The summed E-state index contributed by atoms with van der Waals surface area (Å²) in [6.45, 7) is 5.57. The number of aromatic nitrogens is 3. The van der Waals surface area contributed by atoms with Crippen LogP contribution < -0.4 is 14.5 Å². The number of aryl methyl sites for hydroxylation is 1. The second kappa shape index (κ2) is 10.0. The van der Waals surface area contributed by atoms with E-state index in [1.165, 1.54) is 0 Å². The Morgan fingerprint density at radius 3 is 2.71 bits per heavy atom. The molecule has 216 valence electrons. The number of halogens is 1. The Bertz CT molecular complexity index is 1510. The highest BCUT2D eigenvalue weighted by Gasteiger charge is 2.66. The van der Waals surface area contributed by atoms with Gasteiger partial charge in [-0.3, -0.25) is 19.2 Å². The Morgan fingerprint density at radius 2 is 1.95 bits per heavy atom. The van der Waals surface area contributed by atoms with Crippen molar-refractivity contribution >= 4 is 37.3 Å². The molecule has 1 saturated heterocycles. The molecule has 4 atom stereocenters. The Kier molecular flexibility index (Phi) is 6.74. The predicted octanol–water partition coefficient (Wildman–Crippen LogP) is 3.71. The number of para-hydroxylation sites is 2. The van der Waals surface area contributed by atoms with Crippen LogP contribution in [0.1, 0.15) is 24.6 Å². The van der Waals surface area contributed by atoms with Crippen LogP contribution in [0.5, 0.6) is 5.75 Å². The van der Waals surface area contributed by atoms with E-state index in [0.717, 1.165) is 0 Å². The lowest BCUT2D eigenvalue weighted by atomic mass is 9.82. The number of ether oxygens (including phenoxy) is 2. The summed E-state index contributed by atoms with van der Waals surface area (Å²) in [7, 11) is -1.61. The molecule has 0 radical (unpaired) electrons. The van der Waals surface area contributed by atoms with Gasteiger partial charge in [0.2, 0.25) is 8.41 Å². The summed E-state index contributed by atoms with van der Waals surface area (Å²) in [4.78, 5) is 30.3. The number of carbonyl (C=O) groups excluding carboxylic acids is 2. The van der Waals surface area contributed by atoms with Crippen molar-refractivity contribution in [1.29, 1.82) is 0 Å². The van der Waals surface area contributed by atoms with Crippen molar-refractivity contribution in [2.75, 3.05) is 30.1 Å². The number of aliphatic hydroxyl groups is 1. The number of hydrogen-bond donors (Lipinski definition) is 1. The highest BCUT2D eigenvalue weighted by molar-refractivity contribution is 6.72. The van der Waals surface area contributed by atoms with Gasteiger partial charge >= 0.3 is 0 Å². The number of anilines is 3. The first-order valence-electron chi connectivity index (χ1n) is 13.9. The minimum atomic E-state index is -3.32. The molecule has 1 N–H and O–H groups in total. The van der Waals surface area contributed by atoms with E-state index in [1.54, 1.807) is 40.8 Å². The lowest BCUT2D eigenvalue weighted by Crippen LogP contribution is -2.44. The maximum atomic E-state index is 16.1. The van der Waals surface area contributed by atoms with Gasteiger partial charge in [-0.1, -0.05) is 24.3 Å². The Hall–Kier alpha value is -3.61. The van der Waals surface area contributed by atoms with Crippen molar-refractivity contribution in [3.8, 4) is 5.75 Å². The summed E-state index contributed by atoms with van der Waals surface area (Å²) in [5.74, 6) is -0.305. The first kappa shape index (κ1) is 27.6. The number of carbonyl (C=O) groups is 2. The van der Waals surface area contributed by atoms with E-state index < -0.39 is 31.6 Å². The Labute approximate surface area is 238 Å². The smallest absolute Gasteiger partial charge is 0.269 e. The third-order valence-electron chi connectivity index (χ3n) is 8.64. The lowest BCUT2D eigenvalue weighted by Gasteiger charge is -2.32. The monoisotopic (exact) mass is 579 g/mol. The molecule has 1 spiro atoms. The third-order valence-corrected chi connectivity index (χ3v) is 11.1. The van der Waals surface area contributed by atoms with Crippen LogP contribution >= 0.6 is 0 Å². The van der Waals surface area contributed by atoms with E-state index in [4.69, 9.17) is 9.47 Å². The zero-order valence-electron chi connectivity index (χ0n) is 23.6. The second-order valence-electron chi connectivity index (χ2n) is 11.6. The Balaban J connectivity index is 1.39. The summed E-state index contributed by atoms with van der Waals surface area (Å²) >= 11 is 0. The average Bonchev–Trinajstić information content (AvgIpc) is 3.58. The number of benzene rings is 2. The second-order valence-corrected chi connectivity index (χ2v) is 15.4. The molecule has 6 rings (SSSR count). The summed E-state index contributed by atoms with van der Waals surface area (Å²) in [5.41, 5.74) is 1.38. The minimum absolute atomic E-state index is 0.0210. The van der Waals surface area contributed by atoms with Crippen molar-refractivity contribution in [3.05, 3.63) is 59.9 Å². The minimum Gasteiger partial charge on any atom is -0.482 e. The number of amides is 2. The zero-order valence-corrected chi connectivity index (χ0v) is 24.6. The molecule has 12 heteroatoms. The molecule has 4 heterocycles. The first-order chi connectivity index (χ1) is 19.6. The van der Waals surface area contributed by atoms with Gasteiger partial charge in [0.15, 0.2) is 12.2 Å². The third kappa shape index (κ3) is 4.36. The first-order valence-corrected chi connectivity index (χ1v) is 16.9. The van der Waals surface area contributed by atoms with Crippen molar-refractivity contribution in [3.63, 3.8) is 0 Å². The van der Waals surface area contributed by atoms with Gasteiger partial charge in [0.25, 0.3) is 11.8 Å². The van der Waals surface area contributed by atoms with Gasteiger partial charge in [-0.2, -0.15) is 0 Å². The van der Waals surface area contributed by atoms with Crippen LogP contribution in [0.25, 0.3) is 0 Å². The zero-order chi connectivity index (χ0) is 29.1. The molecule has 0 unspecified atom stereocenters. The molecular weight excluding hydrogens is 545 g/mol. The van der Waals surface area contributed by atoms with Gasteiger partial charge in [0.05, 0.1) is 23.2 Å². The van der Waals surface area contributed by atoms with Crippen LogP contribution in [-0.4, -0.2) is 66.7 Å². The molecule has 3 aromatic rings. The quantitative estimate of drug-likeness (QED) is 0.336. The van der Waals surface area contributed by atoms with Gasteiger partial charge in [-0.05, 0) is 49.8 Å². The largest absolute Gasteiger partial charge is 0.482 e. The number of fused-ring (bicyclic) bond motifs is 3. The van der Waals surface area contributed by atoms with Gasteiger partial charge < -0.3 is 23.6 Å². The van der Waals surface area contributed by atoms with E-state index in [0.29, 0.717) is 53.5 Å². The Morgan fingerprint density at radius 1 is 1.17 bits per heavy atom. The SMILES string of the molecule is C[C@@H]1[C@@H]([Si](C)(C)F)[C@H](CCn2cc(CCO)nn2)O[C@@]12C(=O)N(C)c1ccc(N3C(=O)COc4ccccc43)cc12. The van der Waals surface area contributed by atoms with E-state index in [2.05, 4.69) is 10.3 Å². The lowest BCUT2D eigenvalue weighted by molar-refractivity contribution is -0.145. The van der Waals surface area contributed by atoms with Crippen LogP contribution in [0.4, 0.5) is 21.2 Å². The molecule has 3 aliphatic rings. The van der Waals surface area contributed by atoms with E-state index in [9.17, 15) is 14.7 Å². The maximum Gasteiger partial charge on any atom is 0.269 e. The summed E-state index contributed by atoms with van der Waals surface area (Å²) in [6.07, 6.45) is 2.09. The molecule has 10 nitrogen and oxygen atoms in total.